The minimum atomic E-state index is -0.723. The molecule has 1 unspecified atom stereocenters. The van der Waals surface area contributed by atoms with Crippen LogP contribution in [-0.4, -0.2) is 25.6 Å². The van der Waals surface area contributed by atoms with Crippen LogP contribution >= 0.6 is 0 Å². The first kappa shape index (κ1) is 11.0. The minimum Gasteiger partial charge on any atom is -0.481 e. The van der Waals surface area contributed by atoms with Gasteiger partial charge in [0.25, 0.3) is 0 Å². The van der Waals surface area contributed by atoms with Crippen molar-refractivity contribution in [1.82, 2.24) is 14.5 Å². The highest BCUT2D eigenvalue weighted by atomic mass is 16.4. The Kier molecular flexibility index (Phi) is 2.59. The summed E-state index contributed by atoms with van der Waals surface area (Å²) in [7, 11) is 0. The van der Waals surface area contributed by atoms with Crippen molar-refractivity contribution in [2.45, 2.75) is 19.4 Å². The number of nitrogens with zero attached hydrogens (tertiary/aromatic N) is 3. The number of aryl methyl sites for hydroxylation is 1. The van der Waals surface area contributed by atoms with E-state index in [4.69, 9.17) is 5.11 Å². The fraction of sp³-hybridized carbons (Fsp3) is 0.308. The average Bonchev–Trinajstić information content (AvgIpc) is 2.82. The summed E-state index contributed by atoms with van der Waals surface area (Å²) in [6, 6.07) is 3.80. The first-order valence-electron chi connectivity index (χ1n) is 5.93. The second kappa shape index (κ2) is 4.25. The summed E-state index contributed by atoms with van der Waals surface area (Å²) < 4.78 is 2.04. The fourth-order valence-electron chi connectivity index (χ4n) is 2.40. The van der Waals surface area contributed by atoms with E-state index in [1.165, 1.54) is 0 Å². The van der Waals surface area contributed by atoms with Crippen LogP contribution in [0, 0.1) is 5.92 Å². The highest BCUT2D eigenvalue weighted by Crippen LogP contribution is 2.28. The maximum Gasteiger partial charge on any atom is 0.306 e. The van der Waals surface area contributed by atoms with Crippen molar-refractivity contribution < 1.29 is 9.90 Å². The third kappa shape index (κ3) is 1.77. The molecule has 0 radical (unpaired) electrons. The van der Waals surface area contributed by atoms with Crippen LogP contribution in [0.15, 0.2) is 30.9 Å². The standard InChI is InChI=1S/C13H13N3O2/c17-13(18)9-3-5-16-8-15-12(11(16)6-9)10-2-1-4-14-7-10/h1-2,4,7-9H,3,5-6H2,(H,17,18). The Morgan fingerprint density at radius 1 is 1.50 bits per heavy atom. The van der Waals surface area contributed by atoms with E-state index in [1.807, 2.05) is 16.7 Å². The Balaban J connectivity index is 2.00. The number of hydrogen-bond acceptors (Lipinski definition) is 3. The number of carboxylic acids is 1. The van der Waals surface area contributed by atoms with Crippen molar-refractivity contribution in [3.05, 3.63) is 36.5 Å². The molecule has 1 atom stereocenters. The van der Waals surface area contributed by atoms with Gasteiger partial charge in [0.05, 0.1) is 17.9 Å². The van der Waals surface area contributed by atoms with Crippen molar-refractivity contribution in [2.24, 2.45) is 5.92 Å². The zero-order valence-corrected chi connectivity index (χ0v) is 9.78. The van der Waals surface area contributed by atoms with Crippen molar-refractivity contribution in [1.29, 1.82) is 0 Å². The molecule has 2 aromatic heterocycles. The number of imidazole rings is 1. The summed E-state index contributed by atoms with van der Waals surface area (Å²) in [5.74, 6) is -1.02. The van der Waals surface area contributed by atoms with Crippen LogP contribution in [0.25, 0.3) is 11.3 Å². The van der Waals surface area contributed by atoms with Gasteiger partial charge in [0.15, 0.2) is 0 Å². The first-order valence-corrected chi connectivity index (χ1v) is 5.93. The predicted molar refractivity (Wildman–Crippen MR) is 64.9 cm³/mol. The lowest BCUT2D eigenvalue weighted by Crippen LogP contribution is -2.25. The average molecular weight is 243 g/mol. The molecule has 0 aliphatic carbocycles. The monoisotopic (exact) mass is 243 g/mol. The van der Waals surface area contributed by atoms with Crippen LogP contribution in [-0.2, 0) is 17.8 Å². The molecular formula is C13H13N3O2. The van der Waals surface area contributed by atoms with Crippen molar-refractivity contribution in [3.8, 4) is 11.3 Å². The molecule has 92 valence electrons. The summed E-state index contributed by atoms with van der Waals surface area (Å²) in [6.45, 7) is 0.722. The number of rotatable bonds is 2. The van der Waals surface area contributed by atoms with Crippen LogP contribution < -0.4 is 0 Å². The molecule has 0 bridgehead atoms. The van der Waals surface area contributed by atoms with Crippen LogP contribution in [0.4, 0.5) is 0 Å². The normalized spacial score (nSPS) is 18.3. The molecule has 18 heavy (non-hydrogen) atoms. The smallest absolute Gasteiger partial charge is 0.306 e. The van der Waals surface area contributed by atoms with E-state index < -0.39 is 5.97 Å². The lowest BCUT2D eigenvalue weighted by Gasteiger charge is -2.21. The molecule has 5 nitrogen and oxygen atoms in total. The van der Waals surface area contributed by atoms with Crippen LogP contribution in [0.2, 0.25) is 0 Å². The summed E-state index contributed by atoms with van der Waals surface area (Å²) in [4.78, 5) is 19.6. The summed E-state index contributed by atoms with van der Waals surface area (Å²) in [5.41, 5.74) is 2.80. The lowest BCUT2D eigenvalue weighted by atomic mass is 9.94. The molecule has 0 aromatic carbocycles. The van der Waals surface area contributed by atoms with Crippen molar-refractivity contribution in [2.75, 3.05) is 0 Å². The van der Waals surface area contributed by atoms with E-state index in [1.54, 1.807) is 18.7 Å². The number of aliphatic carboxylic acids is 1. The molecule has 1 aliphatic rings. The number of pyridine rings is 1. The van der Waals surface area contributed by atoms with Gasteiger partial charge in [-0.1, -0.05) is 0 Å². The molecule has 0 fully saturated rings. The number of aromatic nitrogens is 3. The molecule has 2 aromatic rings. The van der Waals surface area contributed by atoms with Gasteiger partial charge in [0.1, 0.15) is 0 Å². The van der Waals surface area contributed by atoms with Gasteiger partial charge >= 0.3 is 5.97 Å². The molecule has 0 spiro atoms. The van der Waals surface area contributed by atoms with E-state index in [0.29, 0.717) is 12.8 Å². The molecule has 1 aliphatic heterocycles. The van der Waals surface area contributed by atoms with Gasteiger partial charge in [-0.2, -0.15) is 0 Å². The van der Waals surface area contributed by atoms with Crippen LogP contribution in [0.5, 0.6) is 0 Å². The Morgan fingerprint density at radius 3 is 3.11 bits per heavy atom. The lowest BCUT2D eigenvalue weighted by molar-refractivity contribution is -0.142. The molecule has 0 saturated heterocycles. The topological polar surface area (TPSA) is 68.0 Å². The Labute approximate surface area is 104 Å². The predicted octanol–water partition coefficient (Wildman–Crippen LogP) is 1.59. The second-order valence-corrected chi connectivity index (χ2v) is 4.50. The van der Waals surface area contributed by atoms with Crippen LogP contribution in [0.1, 0.15) is 12.1 Å². The third-order valence-corrected chi connectivity index (χ3v) is 3.39. The minimum absolute atomic E-state index is 0.301. The Hall–Kier alpha value is -2.17. The van der Waals surface area contributed by atoms with Crippen LogP contribution in [0.3, 0.4) is 0 Å². The molecule has 0 saturated carbocycles. The number of carbonyl (C=O) groups is 1. The molecule has 3 heterocycles. The zero-order chi connectivity index (χ0) is 12.5. The fourth-order valence-corrected chi connectivity index (χ4v) is 2.40. The molecule has 0 amide bonds. The number of carboxylic acid groups (broad SMARTS) is 1. The highest BCUT2D eigenvalue weighted by Gasteiger charge is 2.27. The van der Waals surface area contributed by atoms with E-state index in [2.05, 4.69) is 9.97 Å². The molecule has 3 rings (SSSR count). The first-order chi connectivity index (χ1) is 8.75. The maximum absolute atomic E-state index is 11.1. The maximum atomic E-state index is 11.1. The number of fused-ring (bicyclic) bond motifs is 1. The quantitative estimate of drug-likeness (QED) is 0.869. The van der Waals surface area contributed by atoms with Gasteiger partial charge < -0.3 is 9.67 Å². The summed E-state index contributed by atoms with van der Waals surface area (Å²) in [5, 5.41) is 9.12. The largest absolute Gasteiger partial charge is 0.481 e. The van der Waals surface area contributed by atoms with Gasteiger partial charge in [0.2, 0.25) is 0 Å². The van der Waals surface area contributed by atoms with E-state index in [-0.39, 0.29) is 5.92 Å². The summed E-state index contributed by atoms with van der Waals surface area (Å²) in [6.07, 6.45) is 6.47. The molecule has 1 N–H and O–H groups in total. The second-order valence-electron chi connectivity index (χ2n) is 4.50. The van der Waals surface area contributed by atoms with Gasteiger partial charge in [-0.05, 0) is 18.6 Å². The van der Waals surface area contributed by atoms with Crippen molar-refractivity contribution in [3.63, 3.8) is 0 Å². The van der Waals surface area contributed by atoms with Gasteiger partial charge in [-0.25, -0.2) is 4.98 Å². The van der Waals surface area contributed by atoms with Gasteiger partial charge in [0, 0.05) is 36.6 Å². The van der Waals surface area contributed by atoms with Crippen molar-refractivity contribution >= 4 is 5.97 Å². The Bertz CT molecular complexity index is 577. The number of hydrogen-bond donors (Lipinski definition) is 1. The highest BCUT2D eigenvalue weighted by molar-refractivity contribution is 5.71. The SMILES string of the molecule is O=C(O)C1CCn2cnc(-c3cccnc3)c2C1. The van der Waals surface area contributed by atoms with E-state index >= 15 is 0 Å². The zero-order valence-electron chi connectivity index (χ0n) is 9.78. The summed E-state index contributed by atoms with van der Waals surface area (Å²) >= 11 is 0. The van der Waals surface area contributed by atoms with E-state index in [9.17, 15) is 4.79 Å². The van der Waals surface area contributed by atoms with Gasteiger partial charge in [-0.15, -0.1) is 0 Å². The molecular weight excluding hydrogens is 230 g/mol. The Morgan fingerprint density at radius 2 is 2.39 bits per heavy atom. The van der Waals surface area contributed by atoms with Gasteiger partial charge in [-0.3, -0.25) is 9.78 Å². The molecule has 5 heteroatoms. The van der Waals surface area contributed by atoms with E-state index in [0.717, 1.165) is 23.5 Å². The third-order valence-electron chi connectivity index (χ3n) is 3.39.